The lowest BCUT2D eigenvalue weighted by Gasteiger charge is -2.41. The van der Waals surface area contributed by atoms with Crippen molar-refractivity contribution >= 4 is 46.8 Å². The molecule has 1 saturated heterocycles. The Bertz CT molecular complexity index is 1700. The van der Waals surface area contributed by atoms with Crippen LogP contribution in [-0.2, 0) is 32.0 Å². The van der Waals surface area contributed by atoms with Gasteiger partial charge in [0.1, 0.15) is 6.04 Å². The average Bonchev–Trinajstić information content (AvgIpc) is 3.10. The van der Waals surface area contributed by atoms with E-state index in [0.717, 1.165) is 22.3 Å². The van der Waals surface area contributed by atoms with Gasteiger partial charge in [-0.3, -0.25) is 19.2 Å². The molecule has 4 aromatic rings. The SMILES string of the molecule is NC(=O)CN(CCc1ccccc1)C(=O)CC1C(=O)N(CCc2ccc(Cl)cc2Cl)CC(=O)N1CCC(c1ccccc1)c1ccccc1. The molecule has 0 saturated carbocycles. The van der Waals surface area contributed by atoms with Gasteiger partial charge in [0, 0.05) is 35.6 Å². The topological polar surface area (TPSA) is 104 Å². The molecule has 8 nitrogen and oxygen atoms in total. The van der Waals surface area contributed by atoms with Crippen molar-refractivity contribution in [3.63, 3.8) is 0 Å². The van der Waals surface area contributed by atoms with Gasteiger partial charge in [-0.25, -0.2) is 0 Å². The molecule has 1 fully saturated rings. The minimum absolute atomic E-state index is 0.0380. The number of piperazine rings is 1. The van der Waals surface area contributed by atoms with E-state index in [0.29, 0.717) is 29.3 Å². The Labute approximate surface area is 297 Å². The van der Waals surface area contributed by atoms with E-state index in [1.165, 1.54) is 9.80 Å². The molecule has 49 heavy (non-hydrogen) atoms. The number of halogens is 2. The monoisotopic (exact) mass is 698 g/mol. The molecule has 4 aromatic carbocycles. The van der Waals surface area contributed by atoms with Crippen molar-refractivity contribution in [3.8, 4) is 0 Å². The molecule has 1 aliphatic rings. The normalized spacial score (nSPS) is 14.7. The maximum absolute atomic E-state index is 14.2. The molecule has 4 amide bonds. The van der Waals surface area contributed by atoms with E-state index in [1.807, 2.05) is 66.7 Å². The first-order valence-corrected chi connectivity index (χ1v) is 17.2. The predicted molar refractivity (Wildman–Crippen MR) is 192 cm³/mol. The summed E-state index contributed by atoms with van der Waals surface area (Å²) in [4.78, 5) is 58.5. The highest BCUT2D eigenvalue weighted by Crippen LogP contribution is 2.30. The number of carbonyl (C=O) groups excluding carboxylic acids is 4. The van der Waals surface area contributed by atoms with Gasteiger partial charge in [-0.2, -0.15) is 0 Å². The van der Waals surface area contributed by atoms with Crippen molar-refractivity contribution in [2.24, 2.45) is 5.73 Å². The van der Waals surface area contributed by atoms with E-state index >= 15 is 0 Å². The van der Waals surface area contributed by atoms with Crippen molar-refractivity contribution in [1.82, 2.24) is 14.7 Å². The van der Waals surface area contributed by atoms with Gasteiger partial charge in [0.15, 0.2) is 0 Å². The Kier molecular flexibility index (Phi) is 12.5. The standard InChI is InChI=1S/C39H40Cl2N4O4/c40-32-17-16-31(34(41)24-32)19-22-44-27-38(48)45(23-20-33(29-12-6-2-7-13-29)30-14-8-3-9-15-30)35(39(44)49)25-37(47)43(26-36(42)46)21-18-28-10-4-1-5-11-28/h1-17,24,33,35H,18-23,25-27H2,(H2,42,46). The molecule has 1 aliphatic heterocycles. The van der Waals surface area contributed by atoms with Gasteiger partial charge >= 0.3 is 0 Å². The van der Waals surface area contributed by atoms with Crippen LogP contribution in [0.25, 0.3) is 0 Å². The molecule has 0 aliphatic carbocycles. The average molecular weight is 700 g/mol. The Morgan fingerprint density at radius 3 is 2.02 bits per heavy atom. The summed E-state index contributed by atoms with van der Waals surface area (Å²) in [5.41, 5.74) is 9.52. The smallest absolute Gasteiger partial charge is 0.246 e. The number of rotatable bonds is 15. The lowest BCUT2D eigenvalue weighted by Crippen LogP contribution is -2.61. The van der Waals surface area contributed by atoms with Crippen LogP contribution in [0.3, 0.4) is 0 Å². The summed E-state index contributed by atoms with van der Waals surface area (Å²) in [6.45, 7) is 0.329. The lowest BCUT2D eigenvalue weighted by molar-refractivity contribution is -0.158. The van der Waals surface area contributed by atoms with Crippen molar-refractivity contribution in [2.45, 2.75) is 37.6 Å². The zero-order valence-corrected chi connectivity index (χ0v) is 28.7. The number of primary amides is 1. The molecule has 254 valence electrons. The first kappa shape index (κ1) is 35.6. The summed E-state index contributed by atoms with van der Waals surface area (Å²) in [7, 11) is 0. The summed E-state index contributed by atoms with van der Waals surface area (Å²) in [5.74, 6) is -1.68. The molecule has 1 atom stereocenters. The minimum Gasteiger partial charge on any atom is -0.368 e. The molecule has 1 unspecified atom stereocenters. The number of nitrogens with two attached hydrogens (primary N) is 1. The molecule has 0 radical (unpaired) electrons. The molecule has 0 bridgehead atoms. The van der Waals surface area contributed by atoms with E-state index in [4.69, 9.17) is 28.9 Å². The Hall–Kier alpha value is -4.66. The summed E-state index contributed by atoms with van der Waals surface area (Å²) < 4.78 is 0. The van der Waals surface area contributed by atoms with Crippen LogP contribution in [0.5, 0.6) is 0 Å². The fraction of sp³-hybridized carbons (Fsp3) is 0.282. The fourth-order valence-corrected chi connectivity index (χ4v) is 6.85. The van der Waals surface area contributed by atoms with E-state index in [9.17, 15) is 19.2 Å². The second-order valence-corrected chi connectivity index (χ2v) is 13.1. The highest BCUT2D eigenvalue weighted by atomic mass is 35.5. The highest BCUT2D eigenvalue weighted by molar-refractivity contribution is 6.35. The zero-order chi connectivity index (χ0) is 34.8. The van der Waals surface area contributed by atoms with Crippen LogP contribution in [0, 0.1) is 0 Å². The second-order valence-electron chi connectivity index (χ2n) is 12.2. The van der Waals surface area contributed by atoms with Crippen LogP contribution in [0.15, 0.2) is 109 Å². The molecule has 5 rings (SSSR count). The largest absolute Gasteiger partial charge is 0.368 e. The number of hydrogen-bond acceptors (Lipinski definition) is 4. The molecule has 2 N–H and O–H groups in total. The quantitative estimate of drug-likeness (QED) is 0.171. The van der Waals surface area contributed by atoms with Crippen LogP contribution >= 0.6 is 23.2 Å². The van der Waals surface area contributed by atoms with E-state index in [2.05, 4.69) is 24.3 Å². The Morgan fingerprint density at radius 2 is 1.43 bits per heavy atom. The minimum atomic E-state index is -1.05. The number of hydrogen-bond donors (Lipinski definition) is 1. The lowest BCUT2D eigenvalue weighted by atomic mass is 9.88. The van der Waals surface area contributed by atoms with Crippen LogP contribution in [0.1, 0.15) is 41.0 Å². The molecule has 1 heterocycles. The van der Waals surface area contributed by atoms with Crippen molar-refractivity contribution in [2.75, 3.05) is 32.7 Å². The number of benzene rings is 4. The zero-order valence-electron chi connectivity index (χ0n) is 27.2. The first-order valence-electron chi connectivity index (χ1n) is 16.4. The van der Waals surface area contributed by atoms with Crippen molar-refractivity contribution < 1.29 is 19.2 Å². The maximum atomic E-state index is 14.2. The van der Waals surface area contributed by atoms with Gasteiger partial charge in [-0.05, 0) is 53.6 Å². The van der Waals surface area contributed by atoms with Gasteiger partial charge in [0.25, 0.3) is 0 Å². The van der Waals surface area contributed by atoms with E-state index in [-0.39, 0.29) is 56.9 Å². The van der Waals surface area contributed by atoms with Crippen LogP contribution in [0.2, 0.25) is 10.0 Å². The maximum Gasteiger partial charge on any atom is 0.246 e. The molecule has 0 aromatic heterocycles. The molecular weight excluding hydrogens is 659 g/mol. The fourth-order valence-electron chi connectivity index (χ4n) is 6.34. The first-order chi connectivity index (χ1) is 23.7. The highest BCUT2D eigenvalue weighted by Gasteiger charge is 2.41. The Morgan fingerprint density at radius 1 is 0.816 bits per heavy atom. The number of nitrogens with zero attached hydrogens (tertiary/aromatic N) is 3. The third-order valence-electron chi connectivity index (χ3n) is 8.93. The van der Waals surface area contributed by atoms with Crippen molar-refractivity contribution in [3.05, 3.63) is 141 Å². The van der Waals surface area contributed by atoms with Gasteiger partial charge in [0.05, 0.1) is 19.5 Å². The summed E-state index contributed by atoms with van der Waals surface area (Å²) in [6, 6.07) is 33.8. The Balaban J connectivity index is 1.39. The molecule has 0 spiro atoms. The molecule has 10 heteroatoms. The van der Waals surface area contributed by atoms with Gasteiger partial charge < -0.3 is 20.4 Å². The van der Waals surface area contributed by atoms with E-state index in [1.54, 1.807) is 23.1 Å². The van der Waals surface area contributed by atoms with Crippen LogP contribution < -0.4 is 5.73 Å². The third-order valence-corrected chi connectivity index (χ3v) is 9.52. The van der Waals surface area contributed by atoms with Crippen LogP contribution in [0.4, 0.5) is 0 Å². The van der Waals surface area contributed by atoms with Crippen molar-refractivity contribution in [1.29, 1.82) is 0 Å². The summed E-state index contributed by atoms with van der Waals surface area (Å²) >= 11 is 12.5. The predicted octanol–water partition coefficient (Wildman–Crippen LogP) is 5.74. The van der Waals surface area contributed by atoms with Crippen LogP contribution in [-0.4, -0.2) is 77.1 Å². The van der Waals surface area contributed by atoms with Gasteiger partial charge in [-0.1, -0.05) is 120 Å². The number of amides is 4. The van der Waals surface area contributed by atoms with E-state index < -0.39 is 17.9 Å². The number of carbonyl (C=O) groups is 4. The summed E-state index contributed by atoms with van der Waals surface area (Å²) in [6.07, 6.45) is 1.18. The van der Waals surface area contributed by atoms with Gasteiger partial charge in [-0.15, -0.1) is 0 Å². The summed E-state index contributed by atoms with van der Waals surface area (Å²) in [5, 5.41) is 0.981. The third kappa shape index (κ3) is 9.71. The second kappa shape index (κ2) is 17.1. The molecular formula is C39H40Cl2N4O4. The van der Waals surface area contributed by atoms with Gasteiger partial charge in [0.2, 0.25) is 23.6 Å².